The number of thiol groups is 1. The fraction of sp³-hybridized carbons (Fsp3) is 0.389. The lowest BCUT2D eigenvalue weighted by Crippen LogP contribution is -2.43. The predicted octanol–water partition coefficient (Wildman–Crippen LogP) is 2.86. The predicted molar refractivity (Wildman–Crippen MR) is 105 cm³/mol. The fourth-order valence-electron chi connectivity index (χ4n) is 3.02. The maximum absolute atomic E-state index is 13.1. The van der Waals surface area contributed by atoms with Gasteiger partial charge in [-0.25, -0.2) is 0 Å². The molecule has 1 aromatic heterocycles. The van der Waals surface area contributed by atoms with E-state index < -0.39 is 16.9 Å². The summed E-state index contributed by atoms with van der Waals surface area (Å²) >= 11 is 4.16. The molecule has 0 saturated heterocycles. The lowest BCUT2D eigenvalue weighted by molar-refractivity contribution is -0.138. The van der Waals surface area contributed by atoms with Crippen LogP contribution in [0, 0.1) is 20.8 Å². The molecule has 5 nitrogen and oxygen atoms in total. The van der Waals surface area contributed by atoms with Crippen molar-refractivity contribution in [2.24, 2.45) is 0 Å². The largest absolute Gasteiger partial charge is 0.480 e. The molecule has 2 aromatic rings. The van der Waals surface area contributed by atoms with Crippen molar-refractivity contribution in [2.75, 3.05) is 5.75 Å². The number of carbonyl (C=O) groups is 2. The highest BCUT2D eigenvalue weighted by Gasteiger charge is 2.43. The summed E-state index contributed by atoms with van der Waals surface area (Å²) in [5.41, 5.74) is 3.65. The molecule has 0 aliphatic rings. The number of Topliss-reactive ketones (excluding diaryl/α,β-unsaturated/α-hetero) is 1. The van der Waals surface area contributed by atoms with E-state index >= 15 is 0 Å². The molecule has 2 atom stereocenters. The summed E-state index contributed by atoms with van der Waals surface area (Å²) in [5.74, 6) is -0.957. The van der Waals surface area contributed by atoms with Gasteiger partial charge in [0.15, 0.2) is 5.78 Å². The van der Waals surface area contributed by atoms with E-state index in [1.54, 1.807) is 16.9 Å². The molecule has 0 fully saturated rings. The molecule has 0 radical (unpaired) electrons. The van der Waals surface area contributed by atoms with Gasteiger partial charge in [-0.1, -0.05) is 17.7 Å². The van der Waals surface area contributed by atoms with E-state index in [-0.39, 0.29) is 6.42 Å². The van der Waals surface area contributed by atoms with Crippen LogP contribution in [0.4, 0.5) is 0 Å². The number of hydrogen-bond acceptors (Lipinski definition) is 4. The van der Waals surface area contributed by atoms with E-state index in [4.69, 9.17) is 0 Å². The molecule has 0 bridgehead atoms. The minimum atomic E-state index is -1.65. The highest BCUT2D eigenvalue weighted by Crippen LogP contribution is 2.31. The smallest absolute Gasteiger partial charge is 0.321 e. The number of aryl methyl sites for hydroxylation is 4. The Bertz CT molecular complexity index is 795. The second-order valence-electron chi connectivity index (χ2n) is 6.35. The Labute approximate surface area is 155 Å². The van der Waals surface area contributed by atoms with Crippen molar-refractivity contribution < 1.29 is 14.7 Å². The minimum absolute atomic E-state index is 0.0121. The summed E-state index contributed by atoms with van der Waals surface area (Å²) in [6.45, 7) is 6.25. The molecule has 25 heavy (non-hydrogen) atoms. The second kappa shape index (κ2) is 7.71. The van der Waals surface area contributed by atoms with E-state index in [1.165, 1.54) is 0 Å². The number of aliphatic carboxylic acids is 1. The van der Waals surface area contributed by atoms with Crippen molar-refractivity contribution in [3.8, 4) is 0 Å². The standard InChI is InChI=1S/C18H23N2O3PS/c1-11-8-12(2)15(13(3)9-11)16(21)18(24,17(22)23)10-14-4-5-20(19-14)6-7-25/h4-5,8-9,25H,6-7,10,24H2,1-3H3,(H,22,23). The summed E-state index contributed by atoms with van der Waals surface area (Å²) < 4.78 is 1.70. The number of hydrogen-bond donors (Lipinski definition) is 2. The third kappa shape index (κ3) is 4.13. The van der Waals surface area contributed by atoms with E-state index in [1.807, 2.05) is 32.9 Å². The molecule has 7 heteroatoms. The average molecular weight is 378 g/mol. The summed E-state index contributed by atoms with van der Waals surface area (Å²) in [6.07, 6.45) is 1.78. The molecular formula is C18H23N2O3PS. The molecule has 1 heterocycles. The first-order valence-electron chi connectivity index (χ1n) is 7.97. The van der Waals surface area contributed by atoms with Gasteiger partial charge in [-0.15, -0.1) is 9.24 Å². The van der Waals surface area contributed by atoms with Crippen molar-refractivity contribution in [1.29, 1.82) is 0 Å². The highest BCUT2D eigenvalue weighted by atomic mass is 32.1. The van der Waals surface area contributed by atoms with E-state index in [2.05, 4.69) is 27.0 Å². The topological polar surface area (TPSA) is 72.2 Å². The summed E-state index contributed by atoms with van der Waals surface area (Å²) in [4.78, 5) is 25.1. The van der Waals surface area contributed by atoms with E-state index in [0.717, 1.165) is 16.7 Å². The molecular weight excluding hydrogens is 355 g/mol. The zero-order valence-electron chi connectivity index (χ0n) is 14.6. The van der Waals surface area contributed by atoms with Gasteiger partial charge in [-0.2, -0.15) is 17.7 Å². The molecule has 0 spiro atoms. The van der Waals surface area contributed by atoms with Gasteiger partial charge >= 0.3 is 5.97 Å². The molecule has 1 N–H and O–H groups in total. The van der Waals surface area contributed by atoms with Crippen molar-refractivity contribution in [3.63, 3.8) is 0 Å². The van der Waals surface area contributed by atoms with E-state index in [9.17, 15) is 14.7 Å². The zero-order chi connectivity index (χ0) is 18.8. The Kier molecular flexibility index (Phi) is 6.07. The Morgan fingerprint density at radius 1 is 1.28 bits per heavy atom. The first-order valence-corrected chi connectivity index (χ1v) is 9.18. The number of nitrogens with zero attached hydrogens (tertiary/aromatic N) is 2. The molecule has 1 aromatic carbocycles. The van der Waals surface area contributed by atoms with Gasteiger partial charge < -0.3 is 5.11 Å². The molecule has 0 saturated carbocycles. The van der Waals surface area contributed by atoms with Crippen LogP contribution in [-0.4, -0.2) is 37.5 Å². The van der Waals surface area contributed by atoms with Crippen LogP contribution in [0.5, 0.6) is 0 Å². The van der Waals surface area contributed by atoms with Gasteiger partial charge in [0, 0.05) is 30.5 Å². The van der Waals surface area contributed by atoms with E-state index in [0.29, 0.717) is 23.6 Å². The van der Waals surface area contributed by atoms with Crippen molar-refractivity contribution >= 4 is 33.6 Å². The summed E-state index contributed by atoms with van der Waals surface area (Å²) in [7, 11) is 2.25. The number of carboxylic acid groups (broad SMARTS) is 1. The van der Waals surface area contributed by atoms with Gasteiger partial charge in [0.05, 0.1) is 5.69 Å². The monoisotopic (exact) mass is 378 g/mol. The number of carboxylic acids is 1. The Balaban J connectivity index is 2.42. The van der Waals surface area contributed by atoms with Crippen LogP contribution in [0.3, 0.4) is 0 Å². The maximum atomic E-state index is 13.1. The number of carbonyl (C=O) groups excluding carboxylic acids is 1. The number of benzene rings is 1. The minimum Gasteiger partial charge on any atom is -0.480 e. The van der Waals surface area contributed by atoms with Gasteiger partial charge in [0.25, 0.3) is 0 Å². The lowest BCUT2D eigenvalue weighted by atomic mass is 9.87. The number of rotatable bonds is 7. The Hall–Kier alpha value is -1.65. The van der Waals surface area contributed by atoms with Crippen LogP contribution >= 0.6 is 21.9 Å². The molecule has 0 amide bonds. The average Bonchev–Trinajstić information content (AvgIpc) is 2.93. The normalized spacial score (nSPS) is 13.5. The summed E-state index contributed by atoms with van der Waals surface area (Å²) in [6, 6.07) is 5.54. The van der Waals surface area contributed by atoms with Gasteiger partial charge in [-0.05, 0) is 38.0 Å². The van der Waals surface area contributed by atoms with Crippen LogP contribution in [-0.2, 0) is 17.8 Å². The second-order valence-corrected chi connectivity index (χ2v) is 7.78. The third-order valence-corrected chi connectivity index (χ3v) is 5.09. The first kappa shape index (κ1) is 19.7. The van der Waals surface area contributed by atoms with Crippen LogP contribution in [0.1, 0.15) is 32.7 Å². The third-order valence-electron chi connectivity index (χ3n) is 4.18. The lowest BCUT2D eigenvalue weighted by Gasteiger charge is -2.24. The van der Waals surface area contributed by atoms with Gasteiger partial charge in [-0.3, -0.25) is 14.3 Å². The molecule has 0 aliphatic carbocycles. The first-order chi connectivity index (χ1) is 11.7. The summed E-state index contributed by atoms with van der Waals surface area (Å²) in [5, 5.41) is 12.5. The molecule has 0 aliphatic heterocycles. The van der Waals surface area contributed by atoms with Crippen LogP contribution in [0.25, 0.3) is 0 Å². The number of ketones is 1. The Morgan fingerprint density at radius 3 is 2.40 bits per heavy atom. The van der Waals surface area contributed by atoms with Crippen LogP contribution < -0.4 is 0 Å². The van der Waals surface area contributed by atoms with Crippen molar-refractivity contribution in [2.45, 2.75) is 38.9 Å². The molecule has 134 valence electrons. The van der Waals surface area contributed by atoms with Crippen molar-refractivity contribution in [1.82, 2.24) is 9.78 Å². The van der Waals surface area contributed by atoms with Crippen LogP contribution in [0.2, 0.25) is 0 Å². The quantitative estimate of drug-likeness (QED) is 0.336. The van der Waals surface area contributed by atoms with Gasteiger partial charge in [0.1, 0.15) is 5.16 Å². The zero-order valence-corrected chi connectivity index (χ0v) is 16.7. The number of aromatic nitrogens is 2. The SMILES string of the molecule is Cc1cc(C)c(C(=O)C(P)(Cc2ccn(CCS)n2)C(=O)O)c(C)c1. The fourth-order valence-corrected chi connectivity index (χ4v) is 3.58. The molecule has 2 rings (SSSR count). The maximum Gasteiger partial charge on any atom is 0.321 e. The Morgan fingerprint density at radius 2 is 1.88 bits per heavy atom. The van der Waals surface area contributed by atoms with Crippen LogP contribution in [0.15, 0.2) is 24.4 Å². The van der Waals surface area contributed by atoms with Gasteiger partial charge in [0.2, 0.25) is 0 Å². The van der Waals surface area contributed by atoms with Crippen molar-refractivity contribution in [3.05, 3.63) is 52.3 Å². The highest BCUT2D eigenvalue weighted by molar-refractivity contribution is 7.80. The molecule has 2 unspecified atom stereocenters.